The average molecular weight is 640 g/mol. The molecule has 2 atom stereocenters. The molecular weight excluding hydrogens is 601 g/mol. The highest BCUT2D eigenvalue weighted by atomic mass is 28.4. The Morgan fingerprint density at radius 2 is 1.41 bits per heavy atom. The maximum Gasteiger partial charge on any atom is 0.343 e. The summed E-state index contributed by atoms with van der Waals surface area (Å²) >= 11 is 0. The van der Waals surface area contributed by atoms with Gasteiger partial charge in [0, 0.05) is 5.69 Å². The van der Waals surface area contributed by atoms with Crippen LogP contribution in [0.25, 0.3) is 5.57 Å². The van der Waals surface area contributed by atoms with Crippen LogP contribution in [-0.4, -0.2) is 26.8 Å². The first kappa shape index (κ1) is 33.0. The molecule has 5 rings (SSSR count). The molecule has 4 aromatic carbocycles. The van der Waals surface area contributed by atoms with Gasteiger partial charge in [-0.3, -0.25) is 4.79 Å². The van der Waals surface area contributed by atoms with Gasteiger partial charge in [-0.25, -0.2) is 13.6 Å². The third-order valence-corrected chi connectivity index (χ3v) is 13.5. The fourth-order valence-electron chi connectivity index (χ4n) is 5.19. The van der Waals surface area contributed by atoms with Gasteiger partial charge in [0.1, 0.15) is 17.4 Å². The van der Waals surface area contributed by atoms with Crippen LogP contribution in [0.4, 0.5) is 14.5 Å². The molecule has 1 amide bonds. The minimum Gasteiger partial charge on any atom is -0.423 e. The Kier molecular flexibility index (Phi) is 9.70. The van der Waals surface area contributed by atoms with Crippen molar-refractivity contribution in [2.45, 2.75) is 51.4 Å². The summed E-state index contributed by atoms with van der Waals surface area (Å²) in [6.45, 7) is 11.2. The molecular formula is C38H39F2NO4Si. The number of carbonyl (C=O) groups is 2. The van der Waals surface area contributed by atoms with Crippen LogP contribution in [0, 0.1) is 17.6 Å². The molecule has 1 aliphatic rings. The summed E-state index contributed by atoms with van der Waals surface area (Å²) in [7, 11) is -2.10. The van der Waals surface area contributed by atoms with Gasteiger partial charge in [0.05, 0.1) is 24.1 Å². The number of β-lactam (4-membered cyclic amide) rings is 1. The number of allylic oxidation sites excluding steroid dienone is 1. The largest absolute Gasteiger partial charge is 0.423 e. The van der Waals surface area contributed by atoms with E-state index >= 15 is 0 Å². The number of anilines is 1. The molecule has 1 fully saturated rings. The van der Waals surface area contributed by atoms with E-state index < -0.39 is 20.2 Å². The van der Waals surface area contributed by atoms with Crippen molar-refractivity contribution in [2.75, 3.05) is 11.5 Å². The van der Waals surface area contributed by atoms with Crippen molar-refractivity contribution in [1.29, 1.82) is 0 Å². The van der Waals surface area contributed by atoms with Crippen molar-refractivity contribution in [2.24, 2.45) is 5.92 Å². The normalized spacial score (nSPS) is 17.1. The lowest BCUT2D eigenvalue weighted by molar-refractivity contribution is -0.130. The predicted octanol–water partition coefficient (Wildman–Crippen LogP) is 9.38. The Hall–Kier alpha value is -4.40. The molecule has 0 aromatic heterocycles. The van der Waals surface area contributed by atoms with Crippen LogP contribution >= 0.6 is 0 Å². The predicted molar refractivity (Wildman–Crippen MR) is 180 cm³/mol. The second-order valence-electron chi connectivity index (χ2n) is 13.1. The molecule has 1 saturated heterocycles. The summed E-state index contributed by atoms with van der Waals surface area (Å²) in [4.78, 5) is 27.9. The number of carbonyl (C=O) groups excluding carboxylic acids is 2. The second-order valence-corrected chi connectivity index (χ2v) is 17.9. The van der Waals surface area contributed by atoms with E-state index in [1.807, 2.05) is 24.3 Å². The van der Waals surface area contributed by atoms with Gasteiger partial charge in [0.2, 0.25) is 5.91 Å². The van der Waals surface area contributed by atoms with E-state index in [0.29, 0.717) is 30.0 Å². The lowest BCUT2D eigenvalue weighted by atomic mass is 9.79. The topological polar surface area (TPSA) is 55.8 Å². The van der Waals surface area contributed by atoms with E-state index in [9.17, 15) is 18.4 Å². The number of rotatable bonds is 10. The van der Waals surface area contributed by atoms with Crippen molar-refractivity contribution in [3.63, 3.8) is 0 Å². The fraction of sp³-hybridized carbons (Fsp3) is 0.263. The first-order valence-corrected chi connectivity index (χ1v) is 18.3. The van der Waals surface area contributed by atoms with Crippen molar-refractivity contribution < 1.29 is 27.5 Å². The first-order chi connectivity index (χ1) is 21.8. The van der Waals surface area contributed by atoms with Gasteiger partial charge in [0.15, 0.2) is 8.32 Å². The third-order valence-electron chi connectivity index (χ3n) is 8.99. The van der Waals surface area contributed by atoms with Gasteiger partial charge >= 0.3 is 5.97 Å². The van der Waals surface area contributed by atoms with Crippen LogP contribution in [0.15, 0.2) is 109 Å². The van der Waals surface area contributed by atoms with E-state index in [-0.39, 0.29) is 28.6 Å². The Labute approximate surface area is 270 Å². The molecule has 4 aromatic rings. The highest BCUT2D eigenvalue weighted by molar-refractivity contribution is 6.74. The Morgan fingerprint density at radius 3 is 2.00 bits per heavy atom. The molecule has 1 aliphatic heterocycles. The molecule has 0 radical (unpaired) electrons. The number of halogens is 2. The number of hydrogen-bond acceptors (Lipinski definition) is 4. The maximum absolute atomic E-state index is 13.8. The molecule has 1 heterocycles. The minimum atomic E-state index is -2.10. The van der Waals surface area contributed by atoms with Gasteiger partial charge in [-0.05, 0) is 102 Å². The van der Waals surface area contributed by atoms with E-state index in [0.717, 1.165) is 16.7 Å². The molecule has 46 heavy (non-hydrogen) atoms. The number of ether oxygens (including phenoxy) is 1. The number of esters is 1. The van der Waals surface area contributed by atoms with Crippen LogP contribution in [0.1, 0.15) is 54.7 Å². The smallest absolute Gasteiger partial charge is 0.343 e. The molecule has 5 nitrogen and oxygen atoms in total. The molecule has 238 valence electrons. The minimum absolute atomic E-state index is 0.00713. The van der Waals surface area contributed by atoms with Crippen molar-refractivity contribution in [3.8, 4) is 5.75 Å². The molecule has 0 bridgehead atoms. The van der Waals surface area contributed by atoms with Crippen LogP contribution in [0.5, 0.6) is 5.75 Å². The van der Waals surface area contributed by atoms with Crippen molar-refractivity contribution in [1.82, 2.24) is 0 Å². The standard InChI is InChI=1S/C38H39F2NO4Si/c1-38(2,3)46(4,5)44-25-29(26-11-16-30(39)17-12-26)15-24-34-35(41(36(34)42)32-20-18-31(40)19-21-32)27-13-22-33(23-14-27)45-37(43)28-9-7-6-8-10-28/h6-23,34-35H,24-25H2,1-5H3/b29-15+/t34-,35-/m1/s1. The highest BCUT2D eigenvalue weighted by Gasteiger charge is 2.48. The van der Waals surface area contributed by atoms with Crippen LogP contribution in [0.3, 0.4) is 0 Å². The zero-order valence-electron chi connectivity index (χ0n) is 26.8. The van der Waals surface area contributed by atoms with E-state index in [1.54, 1.807) is 65.6 Å². The molecule has 0 N–H and O–H groups in total. The number of amides is 1. The third kappa shape index (κ3) is 7.35. The fourth-order valence-corrected chi connectivity index (χ4v) is 6.14. The first-order valence-electron chi connectivity index (χ1n) is 15.4. The quantitative estimate of drug-likeness (QED) is 0.0751. The van der Waals surface area contributed by atoms with Gasteiger partial charge in [-0.15, -0.1) is 0 Å². The van der Waals surface area contributed by atoms with E-state index in [4.69, 9.17) is 9.16 Å². The van der Waals surface area contributed by atoms with E-state index in [2.05, 4.69) is 33.9 Å². The maximum atomic E-state index is 13.8. The summed E-state index contributed by atoms with van der Waals surface area (Å²) in [5, 5.41) is 0.00713. The molecule has 0 aliphatic carbocycles. The van der Waals surface area contributed by atoms with Gasteiger partial charge in [-0.2, -0.15) is 0 Å². The summed E-state index contributed by atoms with van der Waals surface area (Å²) < 4.78 is 39.7. The monoisotopic (exact) mass is 639 g/mol. The highest BCUT2D eigenvalue weighted by Crippen LogP contribution is 2.46. The van der Waals surface area contributed by atoms with Crippen LogP contribution < -0.4 is 9.64 Å². The lowest BCUT2D eigenvalue weighted by Crippen LogP contribution is -2.55. The van der Waals surface area contributed by atoms with Gasteiger partial charge in [-0.1, -0.05) is 69.3 Å². The number of nitrogens with zero attached hydrogens (tertiary/aromatic N) is 1. The van der Waals surface area contributed by atoms with E-state index in [1.165, 1.54) is 24.3 Å². The zero-order valence-corrected chi connectivity index (χ0v) is 27.8. The molecule has 0 unspecified atom stereocenters. The second kappa shape index (κ2) is 13.5. The summed E-state index contributed by atoms with van der Waals surface area (Å²) in [5.41, 5.74) is 3.61. The molecule has 8 heteroatoms. The average Bonchev–Trinajstić information content (AvgIpc) is 3.03. The van der Waals surface area contributed by atoms with Crippen LogP contribution in [-0.2, 0) is 9.22 Å². The van der Waals surface area contributed by atoms with Crippen LogP contribution in [0.2, 0.25) is 18.1 Å². The Bertz CT molecular complexity index is 1700. The zero-order chi connectivity index (χ0) is 33.1. The summed E-state index contributed by atoms with van der Waals surface area (Å²) in [6, 6.07) is 27.7. The van der Waals surface area contributed by atoms with Crippen molar-refractivity contribution >= 4 is 31.5 Å². The Balaban J connectivity index is 1.42. The van der Waals surface area contributed by atoms with Gasteiger partial charge < -0.3 is 14.1 Å². The Morgan fingerprint density at radius 1 is 0.826 bits per heavy atom. The van der Waals surface area contributed by atoms with Crippen molar-refractivity contribution in [3.05, 3.63) is 138 Å². The van der Waals surface area contributed by atoms with Gasteiger partial charge in [0.25, 0.3) is 0 Å². The summed E-state index contributed by atoms with van der Waals surface area (Å²) in [5.74, 6) is -1.29. The molecule has 0 spiro atoms. The number of hydrogen-bond donors (Lipinski definition) is 0. The number of benzene rings is 4. The SMILES string of the molecule is CC(C)(C)[Si](C)(C)OC/C(=C\C[C@H]1C(=O)N(c2ccc(F)cc2)[C@@H]1c1ccc(OC(=O)c2ccccc2)cc1)c1ccc(F)cc1. The molecule has 0 saturated carbocycles. The lowest BCUT2D eigenvalue weighted by Gasteiger charge is -2.47. The summed E-state index contributed by atoms with van der Waals surface area (Å²) in [6.07, 6.45) is 2.44.